The zero-order valence-electron chi connectivity index (χ0n) is 22.3. The van der Waals surface area contributed by atoms with Crippen molar-refractivity contribution >= 4 is 45.3 Å². The van der Waals surface area contributed by atoms with Crippen LogP contribution >= 0.6 is 11.6 Å². The second kappa shape index (κ2) is 16.5. The number of nitrogens with one attached hydrogen (secondary N) is 3. The Morgan fingerprint density at radius 2 is 1.65 bits per heavy atom. The molecule has 2 rings (SSSR count). The number of hydrogen-bond acceptors (Lipinski definition) is 9. The molecule has 1 aromatic carbocycles. The van der Waals surface area contributed by atoms with Gasteiger partial charge in [-0.3, -0.25) is 24.2 Å². The molecule has 0 saturated heterocycles. The van der Waals surface area contributed by atoms with Gasteiger partial charge in [0.1, 0.15) is 17.1 Å². The summed E-state index contributed by atoms with van der Waals surface area (Å²) < 4.78 is 37.6. The van der Waals surface area contributed by atoms with Crippen molar-refractivity contribution < 1.29 is 37.1 Å². The van der Waals surface area contributed by atoms with Gasteiger partial charge in [0.2, 0.25) is 0 Å². The monoisotopic (exact) mass is 596 g/mol. The Kier molecular flexibility index (Phi) is 13.5. The minimum absolute atomic E-state index is 0.0898. The fourth-order valence-corrected chi connectivity index (χ4v) is 4.73. The van der Waals surface area contributed by atoms with Crippen LogP contribution in [0.15, 0.2) is 41.4 Å². The molecule has 3 amide bonds. The van der Waals surface area contributed by atoms with Crippen molar-refractivity contribution in [1.29, 1.82) is 0 Å². The number of aromatic nitrogens is 1. The normalized spacial score (nSPS) is 11.0. The van der Waals surface area contributed by atoms with Crippen molar-refractivity contribution in [3.8, 4) is 0 Å². The lowest BCUT2D eigenvalue weighted by molar-refractivity contribution is -0.142. The van der Waals surface area contributed by atoms with Crippen molar-refractivity contribution in [2.75, 3.05) is 32.9 Å². The number of sulfonamides is 1. The lowest BCUT2D eigenvalue weighted by atomic mass is 10.2. The van der Waals surface area contributed by atoms with Crippen molar-refractivity contribution in [1.82, 2.24) is 20.3 Å². The molecule has 0 spiro atoms. The van der Waals surface area contributed by atoms with Crippen molar-refractivity contribution in [3.05, 3.63) is 58.4 Å². The first kappa shape index (κ1) is 32.7. The standard InChI is InChI=1S/C26H33ClN4O8S/c1-3-5-6-14-39-23(32)17-30-26(35)21-10-8-19(16-29-21)25(34)31-40(36,37)22-11-9-18(15-20(22)27)24(33)28-12-7-13-38-4-2/h8-11,15-16H,3-7,12-14,17H2,1-2H3,(H,28,33)(H,30,35)(H,31,34). The molecule has 1 aromatic heterocycles. The number of hydrogen-bond donors (Lipinski definition) is 3. The highest BCUT2D eigenvalue weighted by atomic mass is 35.5. The van der Waals surface area contributed by atoms with Gasteiger partial charge in [-0.05, 0) is 50.1 Å². The Morgan fingerprint density at radius 3 is 2.30 bits per heavy atom. The van der Waals surface area contributed by atoms with Crippen molar-refractivity contribution in [2.24, 2.45) is 0 Å². The predicted octanol–water partition coefficient (Wildman–Crippen LogP) is 2.47. The van der Waals surface area contributed by atoms with Crippen LogP contribution in [-0.2, 0) is 24.3 Å². The molecule has 40 heavy (non-hydrogen) atoms. The fourth-order valence-electron chi connectivity index (χ4n) is 3.21. The second-order valence-electron chi connectivity index (χ2n) is 8.43. The molecule has 0 atom stereocenters. The smallest absolute Gasteiger partial charge is 0.325 e. The van der Waals surface area contributed by atoms with Gasteiger partial charge in [0.25, 0.3) is 27.7 Å². The second-order valence-corrected chi connectivity index (χ2v) is 10.5. The first-order valence-electron chi connectivity index (χ1n) is 12.7. The van der Waals surface area contributed by atoms with Gasteiger partial charge in [-0.2, -0.15) is 0 Å². The largest absolute Gasteiger partial charge is 0.464 e. The van der Waals surface area contributed by atoms with Gasteiger partial charge >= 0.3 is 5.97 Å². The summed E-state index contributed by atoms with van der Waals surface area (Å²) in [5.74, 6) is -2.71. The number of nitrogens with zero attached hydrogens (tertiary/aromatic N) is 1. The molecule has 0 aliphatic carbocycles. The van der Waals surface area contributed by atoms with Crippen LogP contribution in [0.2, 0.25) is 5.02 Å². The maximum Gasteiger partial charge on any atom is 0.325 e. The van der Waals surface area contributed by atoms with Gasteiger partial charge in [0, 0.05) is 31.5 Å². The first-order chi connectivity index (χ1) is 19.1. The number of amides is 3. The summed E-state index contributed by atoms with van der Waals surface area (Å²) in [4.78, 5) is 52.2. The fraction of sp³-hybridized carbons (Fsp3) is 0.423. The maximum absolute atomic E-state index is 12.8. The van der Waals surface area contributed by atoms with Gasteiger partial charge in [-0.1, -0.05) is 31.4 Å². The summed E-state index contributed by atoms with van der Waals surface area (Å²) in [5.41, 5.74) is -0.0860. The zero-order valence-corrected chi connectivity index (χ0v) is 23.9. The number of unbranched alkanes of at least 4 members (excludes halogenated alkanes) is 2. The summed E-state index contributed by atoms with van der Waals surface area (Å²) in [7, 11) is -4.40. The van der Waals surface area contributed by atoms with Crippen LogP contribution in [0.1, 0.15) is 70.7 Å². The van der Waals surface area contributed by atoms with Crippen molar-refractivity contribution in [3.63, 3.8) is 0 Å². The quantitative estimate of drug-likeness (QED) is 0.194. The molecule has 14 heteroatoms. The molecule has 0 saturated carbocycles. The van der Waals surface area contributed by atoms with Crippen LogP contribution in [0.3, 0.4) is 0 Å². The summed E-state index contributed by atoms with van der Waals surface area (Å²) in [6, 6.07) is 6.00. The molecule has 0 bridgehead atoms. The molecule has 218 valence electrons. The molecule has 0 unspecified atom stereocenters. The summed E-state index contributed by atoms with van der Waals surface area (Å²) in [6.45, 7) is 5.26. The highest BCUT2D eigenvalue weighted by molar-refractivity contribution is 7.90. The lowest BCUT2D eigenvalue weighted by Crippen LogP contribution is -2.32. The Morgan fingerprint density at radius 1 is 0.900 bits per heavy atom. The van der Waals surface area contributed by atoms with Crippen LogP contribution in [0.25, 0.3) is 0 Å². The van der Waals surface area contributed by atoms with E-state index in [1.165, 1.54) is 24.3 Å². The topological polar surface area (TPSA) is 170 Å². The van der Waals surface area contributed by atoms with E-state index in [4.69, 9.17) is 21.1 Å². The van der Waals surface area contributed by atoms with E-state index in [9.17, 15) is 27.6 Å². The molecular formula is C26H33ClN4O8S. The van der Waals surface area contributed by atoms with Gasteiger partial charge in [0.15, 0.2) is 0 Å². The number of ether oxygens (including phenoxy) is 2. The van der Waals surface area contributed by atoms with Crippen LogP contribution in [0, 0.1) is 0 Å². The number of carbonyl (C=O) groups is 4. The average Bonchev–Trinajstić information content (AvgIpc) is 2.93. The Labute approximate surface area is 238 Å². The van der Waals surface area contributed by atoms with Gasteiger partial charge in [-0.15, -0.1) is 0 Å². The highest BCUT2D eigenvalue weighted by Gasteiger charge is 2.23. The number of halogens is 1. The predicted molar refractivity (Wildman–Crippen MR) is 147 cm³/mol. The number of rotatable bonds is 16. The SMILES string of the molecule is CCCCCOC(=O)CNC(=O)c1ccc(C(=O)NS(=O)(=O)c2ccc(C(=O)NCCCOCC)cc2Cl)cn1. The molecule has 0 aliphatic heterocycles. The molecule has 2 aromatic rings. The molecule has 3 N–H and O–H groups in total. The van der Waals surface area contributed by atoms with Crippen LogP contribution < -0.4 is 15.4 Å². The van der Waals surface area contributed by atoms with Crippen LogP contribution in [0.5, 0.6) is 0 Å². The van der Waals surface area contributed by atoms with E-state index >= 15 is 0 Å². The number of esters is 1. The summed E-state index contributed by atoms with van der Waals surface area (Å²) >= 11 is 6.12. The molecule has 12 nitrogen and oxygen atoms in total. The van der Waals surface area contributed by atoms with Gasteiger partial charge in [-0.25, -0.2) is 13.1 Å². The third-order valence-corrected chi connectivity index (χ3v) is 7.14. The summed E-state index contributed by atoms with van der Waals surface area (Å²) in [5, 5.41) is 4.79. The van der Waals surface area contributed by atoms with Gasteiger partial charge < -0.3 is 20.1 Å². The number of pyridine rings is 1. The van der Waals surface area contributed by atoms with Gasteiger partial charge in [0.05, 0.1) is 17.2 Å². The molecule has 0 radical (unpaired) electrons. The van der Waals surface area contributed by atoms with E-state index in [1.54, 1.807) is 0 Å². The average molecular weight is 597 g/mol. The highest BCUT2D eigenvalue weighted by Crippen LogP contribution is 2.23. The summed E-state index contributed by atoms with van der Waals surface area (Å²) in [6.07, 6.45) is 4.28. The van der Waals surface area contributed by atoms with Crippen LogP contribution in [0.4, 0.5) is 0 Å². The minimum atomic E-state index is -4.40. The minimum Gasteiger partial charge on any atom is -0.464 e. The number of benzene rings is 1. The van der Waals surface area contributed by atoms with E-state index in [0.29, 0.717) is 26.2 Å². The molecule has 0 aliphatic rings. The molecule has 1 heterocycles. The van der Waals surface area contributed by atoms with E-state index in [-0.39, 0.29) is 35.0 Å². The van der Waals surface area contributed by atoms with E-state index in [2.05, 4.69) is 15.6 Å². The maximum atomic E-state index is 12.8. The van der Waals surface area contributed by atoms with E-state index in [1.807, 2.05) is 18.6 Å². The third-order valence-electron chi connectivity index (χ3n) is 5.33. The van der Waals surface area contributed by atoms with E-state index < -0.39 is 38.6 Å². The lowest BCUT2D eigenvalue weighted by Gasteiger charge is -2.11. The zero-order chi connectivity index (χ0) is 29.5. The van der Waals surface area contributed by atoms with E-state index in [0.717, 1.165) is 31.5 Å². The Hall–Kier alpha value is -3.55. The molecule has 0 fully saturated rings. The van der Waals surface area contributed by atoms with Crippen LogP contribution in [-0.4, -0.2) is 70.0 Å². The first-order valence-corrected chi connectivity index (χ1v) is 14.6. The Bertz CT molecular complexity index is 1290. The molecular weight excluding hydrogens is 564 g/mol. The number of carbonyl (C=O) groups excluding carboxylic acids is 4. The third kappa shape index (κ3) is 10.5. The Balaban J connectivity index is 1.94. The van der Waals surface area contributed by atoms with Crippen molar-refractivity contribution in [2.45, 2.75) is 44.4 Å².